The summed E-state index contributed by atoms with van der Waals surface area (Å²) in [6.07, 6.45) is 5.24. The standard InChI is InChI=1S/C22H27F2N7/c1-3-27-14-4-6-30(7-5-14)16-9-17(23)20(19(25)10-16)21(26)29-15-8-18(24)22-28-13(2)11-31(22)12-15/h8-12,14,27H,3-7,25H2,1-2H3,(H2,26,29). The smallest absolute Gasteiger partial charge is 0.173 e. The Morgan fingerprint density at radius 1 is 1.19 bits per heavy atom. The average molecular weight is 428 g/mol. The Labute approximate surface area is 179 Å². The molecule has 0 unspecified atom stereocenters. The van der Waals surface area contributed by atoms with Crippen LogP contribution in [0, 0.1) is 18.6 Å². The first-order valence-corrected chi connectivity index (χ1v) is 10.4. The van der Waals surface area contributed by atoms with Gasteiger partial charge in [-0.15, -0.1) is 0 Å². The highest BCUT2D eigenvalue weighted by molar-refractivity contribution is 6.04. The minimum atomic E-state index is -0.551. The molecular weight excluding hydrogens is 400 g/mol. The predicted octanol–water partition coefficient (Wildman–Crippen LogP) is 3.12. The van der Waals surface area contributed by atoms with Gasteiger partial charge in [-0.25, -0.2) is 18.8 Å². The molecule has 0 saturated carbocycles. The summed E-state index contributed by atoms with van der Waals surface area (Å²) >= 11 is 0. The first kappa shape index (κ1) is 21.0. The number of amidine groups is 1. The number of imidazole rings is 1. The highest BCUT2D eigenvalue weighted by Crippen LogP contribution is 2.28. The van der Waals surface area contributed by atoms with E-state index in [1.165, 1.54) is 16.5 Å². The number of nitrogens with two attached hydrogens (primary N) is 2. The van der Waals surface area contributed by atoms with Crippen LogP contribution in [0.1, 0.15) is 31.0 Å². The second-order valence-corrected chi connectivity index (χ2v) is 7.87. The number of rotatable bonds is 5. The molecule has 31 heavy (non-hydrogen) atoms. The van der Waals surface area contributed by atoms with Crippen LogP contribution in [0.3, 0.4) is 0 Å². The van der Waals surface area contributed by atoms with Crippen LogP contribution in [0.25, 0.3) is 5.65 Å². The van der Waals surface area contributed by atoms with Gasteiger partial charge in [0.05, 0.1) is 16.9 Å². The Morgan fingerprint density at radius 3 is 2.61 bits per heavy atom. The number of pyridine rings is 1. The van der Waals surface area contributed by atoms with E-state index >= 15 is 0 Å². The molecule has 1 saturated heterocycles. The summed E-state index contributed by atoms with van der Waals surface area (Å²) in [6, 6.07) is 4.86. The molecule has 4 rings (SSSR count). The summed E-state index contributed by atoms with van der Waals surface area (Å²) < 4.78 is 30.8. The summed E-state index contributed by atoms with van der Waals surface area (Å²) in [4.78, 5) is 10.4. The Hall–Kier alpha value is -3.20. The lowest BCUT2D eigenvalue weighted by Crippen LogP contribution is -2.42. The maximum atomic E-state index is 15.0. The lowest BCUT2D eigenvalue weighted by Gasteiger charge is -2.34. The highest BCUT2D eigenvalue weighted by atomic mass is 19.1. The van der Waals surface area contributed by atoms with Crippen LogP contribution in [0.15, 0.2) is 35.6 Å². The van der Waals surface area contributed by atoms with Crippen LogP contribution in [0.4, 0.5) is 25.8 Å². The van der Waals surface area contributed by atoms with E-state index in [4.69, 9.17) is 11.5 Å². The number of aromatic nitrogens is 2. The van der Waals surface area contributed by atoms with Gasteiger partial charge >= 0.3 is 0 Å². The van der Waals surface area contributed by atoms with Gasteiger partial charge in [0.2, 0.25) is 0 Å². The first-order valence-electron chi connectivity index (χ1n) is 10.4. The number of halogens is 2. The summed E-state index contributed by atoms with van der Waals surface area (Å²) in [6.45, 7) is 6.45. The third kappa shape index (κ3) is 4.32. The van der Waals surface area contributed by atoms with Crippen molar-refractivity contribution in [1.29, 1.82) is 0 Å². The van der Waals surface area contributed by atoms with E-state index in [1.54, 1.807) is 25.4 Å². The van der Waals surface area contributed by atoms with Crippen molar-refractivity contribution in [2.45, 2.75) is 32.7 Å². The van der Waals surface area contributed by atoms with E-state index in [2.05, 4.69) is 27.1 Å². The van der Waals surface area contributed by atoms with Gasteiger partial charge in [0, 0.05) is 49.0 Å². The molecule has 3 aromatic rings. The molecule has 0 spiro atoms. The number of nitrogen functional groups attached to an aromatic ring is 1. The molecule has 0 radical (unpaired) electrons. The number of nitrogens with zero attached hydrogens (tertiary/aromatic N) is 4. The molecule has 1 aliphatic rings. The Kier molecular flexibility index (Phi) is 5.77. The van der Waals surface area contributed by atoms with Crippen LogP contribution in [0.5, 0.6) is 0 Å². The number of hydrogen-bond donors (Lipinski definition) is 3. The molecule has 5 N–H and O–H groups in total. The number of fused-ring (bicyclic) bond motifs is 1. The zero-order valence-electron chi connectivity index (χ0n) is 17.7. The third-order valence-corrected chi connectivity index (χ3v) is 5.58. The second kappa shape index (κ2) is 8.50. The molecule has 164 valence electrons. The SMILES string of the molecule is CCNC1CCN(c2cc(N)c(C(N)=Nc3cc(F)c4nc(C)cn4c3)c(F)c2)CC1. The van der Waals surface area contributed by atoms with Gasteiger partial charge in [-0.3, -0.25) is 0 Å². The molecule has 9 heteroatoms. The lowest BCUT2D eigenvalue weighted by atomic mass is 10.0. The van der Waals surface area contributed by atoms with E-state index in [9.17, 15) is 8.78 Å². The fourth-order valence-electron chi connectivity index (χ4n) is 4.12. The van der Waals surface area contributed by atoms with E-state index in [-0.39, 0.29) is 28.4 Å². The number of piperidine rings is 1. The number of aliphatic imine (C=N–C) groups is 1. The van der Waals surface area contributed by atoms with E-state index in [0.29, 0.717) is 11.7 Å². The normalized spacial score (nSPS) is 15.7. The summed E-state index contributed by atoms with van der Waals surface area (Å²) in [5.41, 5.74) is 14.3. The molecule has 0 atom stereocenters. The van der Waals surface area contributed by atoms with E-state index < -0.39 is 11.6 Å². The van der Waals surface area contributed by atoms with Crippen LogP contribution >= 0.6 is 0 Å². The van der Waals surface area contributed by atoms with Crippen molar-refractivity contribution >= 4 is 28.5 Å². The molecule has 1 fully saturated rings. The molecule has 0 amide bonds. The van der Waals surface area contributed by atoms with Crippen molar-refractivity contribution in [1.82, 2.24) is 14.7 Å². The molecule has 2 aromatic heterocycles. The summed E-state index contributed by atoms with van der Waals surface area (Å²) in [5, 5.41) is 3.45. The van der Waals surface area contributed by atoms with Crippen LogP contribution in [-0.2, 0) is 0 Å². The Balaban J connectivity index is 1.60. The lowest BCUT2D eigenvalue weighted by molar-refractivity contribution is 0.423. The highest BCUT2D eigenvalue weighted by Gasteiger charge is 2.21. The summed E-state index contributed by atoms with van der Waals surface area (Å²) in [7, 11) is 0. The molecular formula is C22H27F2N7. The van der Waals surface area contributed by atoms with Crippen molar-refractivity contribution in [3.8, 4) is 0 Å². The van der Waals surface area contributed by atoms with Crippen LogP contribution in [-0.4, -0.2) is 40.9 Å². The Bertz CT molecular complexity index is 1110. The number of aryl methyl sites for hydroxylation is 1. The minimum absolute atomic E-state index is 0.0219. The van der Waals surface area contributed by atoms with Crippen LogP contribution < -0.4 is 21.7 Å². The molecule has 3 heterocycles. The molecule has 0 aliphatic carbocycles. The Morgan fingerprint density at radius 2 is 1.94 bits per heavy atom. The number of anilines is 2. The zero-order chi connectivity index (χ0) is 22.1. The number of benzene rings is 1. The van der Waals surface area contributed by atoms with Crippen molar-refractivity contribution in [2.75, 3.05) is 30.3 Å². The van der Waals surface area contributed by atoms with Gasteiger partial charge in [0.25, 0.3) is 0 Å². The molecule has 1 aliphatic heterocycles. The van der Waals surface area contributed by atoms with E-state index in [0.717, 1.165) is 38.2 Å². The van der Waals surface area contributed by atoms with Gasteiger partial charge in [-0.1, -0.05) is 6.92 Å². The van der Waals surface area contributed by atoms with Gasteiger partial charge in [0.15, 0.2) is 11.5 Å². The van der Waals surface area contributed by atoms with E-state index in [1.807, 2.05) is 0 Å². The van der Waals surface area contributed by atoms with Gasteiger partial charge in [-0.2, -0.15) is 0 Å². The quantitative estimate of drug-likeness (QED) is 0.330. The topological polar surface area (TPSA) is 97.0 Å². The fraction of sp³-hybridized carbons (Fsp3) is 0.364. The van der Waals surface area contributed by atoms with Crippen molar-refractivity contribution in [3.05, 3.63) is 53.5 Å². The van der Waals surface area contributed by atoms with Crippen molar-refractivity contribution < 1.29 is 8.78 Å². The first-order chi connectivity index (χ1) is 14.9. The predicted molar refractivity (Wildman–Crippen MR) is 120 cm³/mol. The summed E-state index contributed by atoms with van der Waals surface area (Å²) in [5.74, 6) is -1.19. The monoisotopic (exact) mass is 427 g/mol. The molecule has 7 nitrogen and oxygen atoms in total. The average Bonchev–Trinajstić information content (AvgIpc) is 3.09. The number of hydrogen-bond acceptors (Lipinski definition) is 5. The fourth-order valence-corrected chi connectivity index (χ4v) is 4.12. The van der Waals surface area contributed by atoms with Gasteiger partial charge < -0.3 is 26.1 Å². The molecule has 1 aromatic carbocycles. The maximum Gasteiger partial charge on any atom is 0.173 e. The van der Waals surface area contributed by atoms with Crippen molar-refractivity contribution in [3.63, 3.8) is 0 Å². The zero-order valence-corrected chi connectivity index (χ0v) is 17.7. The van der Waals surface area contributed by atoms with Gasteiger partial charge in [-0.05, 0) is 38.4 Å². The largest absolute Gasteiger partial charge is 0.398 e. The van der Waals surface area contributed by atoms with Gasteiger partial charge in [0.1, 0.15) is 11.7 Å². The van der Waals surface area contributed by atoms with Crippen LogP contribution in [0.2, 0.25) is 0 Å². The molecule has 0 bridgehead atoms. The minimum Gasteiger partial charge on any atom is -0.398 e. The number of nitrogens with one attached hydrogen (secondary N) is 1. The maximum absolute atomic E-state index is 15.0. The third-order valence-electron chi connectivity index (χ3n) is 5.58. The second-order valence-electron chi connectivity index (χ2n) is 7.87. The van der Waals surface area contributed by atoms with Crippen molar-refractivity contribution in [2.24, 2.45) is 10.7 Å².